The number of H-pyrrole nitrogens is 1. The Balaban J connectivity index is 1.88. The van der Waals surface area contributed by atoms with Crippen molar-refractivity contribution in [3.63, 3.8) is 0 Å². The minimum absolute atomic E-state index is 0.0419. The number of aromatic amines is 1. The minimum atomic E-state index is 0.0419. The van der Waals surface area contributed by atoms with Crippen LogP contribution in [0.3, 0.4) is 0 Å². The number of fused-ring (bicyclic) bond motifs is 1. The maximum absolute atomic E-state index is 12.4. The van der Waals surface area contributed by atoms with Gasteiger partial charge in [0.15, 0.2) is 5.43 Å². The van der Waals surface area contributed by atoms with Crippen molar-refractivity contribution in [2.75, 3.05) is 0 Å². The molecule has 0 amide bonds. The molecular formula is C17H21N5O. The molecule has 0 saturated heterocycles. The van der Waals surface area contributed by atoms with Crippen molar-refractivity contribution in [2.45, 2.75) is 33.4 Å². The number of hydrogen-bond donors (Lipinski definition) is 2. The molecule has 0 fully saturated rings. The van der Waals surface area contributed by atoms with Crippen LogP contribution >= 0.6 is 0 Å². The molecular weight excluding hydrogens is 290 g/mol. The molecule has 0 unspecified atom stereocenters. The number of nitrogens with zero attached hydrogens (tertiary/aromatic N) is 3. The molecule has 3 aromatic rings. The van der Waals surface area contributed by atoms with Gasteiger partial charge in [0.25, 0.3) is 0 Å². The Morgan fingerprint density at radius 1 is 1.30 bits per heavy atom. The van der Waals surface area contributed by atoms with Crippen LogP contribution in [0.5, 0.6) is 0 Å². The normalized spacial score (nSPS) is 12.7. The van der Waals surface area contributed by atoms with Crippen molar-refractivity contribution in [3.05, 3.63) is 57.4 Å². The lowest BCUT2D eigenvalue weighted by Gasteiger charge is -2.14. The van der Waals surface area contributed by atoms with Gasteiger partial charge in [0.05, 0.1) is 11.6 Å². The molecule has 6 nitrogen and oxygen atoms in total. The molecule has 0 bridgehead atoms. The molecule has 0 aliphatic rings. The summed E-state index contributed by atoms with van der Waals surface area (Å²) in [6.07, 6.45) is 1.54. The summed E-state index contributed by atoms with van der Waals surface area (Å²) in [6.45, 7) is 6.56. The molecule has 0 saturated carbocycles. The van der Waals surface area contributed by atoms with E-state index in [2.05, 4.69) is 20.4 Å². The zero-order chi connectivity index (χ0) is 16.6. The van der Waals surface area contributed by atoms with Gasteiger partial charge in [0, 0.05) is 30.7 Å². The van der Waals surface area contributed by atoms with Crippen LogP contribution in [0, 0.1) is 13.8 Å². The van der Waals surface area contributed by atoms with Crippen LogP contribution in [-0.2, 0) is 13.6 Å². The van der Waals surface area contributed by atoms with Gasteiger partial charge in [-0.3, -0.25) is 9.48 Å². The smallest absolute Gasteiger partial charge is 0.189 e. The Morgan fingerprint density at radius 3 is 2.74 bits per heavy atom. The van der Waals surface area contributed by atoms with Crippen LogP contribution in [0.2, 0.25) is 0 Å². The summed E-state index contributed by atoms with van der Waals surface area (Å²) in [6, 6.07) is 5.74. The van der Waals surface area contributed by atoms with Crippen LogP contribution in [0.25, 0.3) is 10.9 Å². The number of aromatic nitrogens is 4. The first-order chi connectivity index (χ1) is 11.0. The lowest BCUT2D eigenvalue weighted by atomic mass is 10.0. The van der Waals surface area contributed by atoms with Crippen LogP contribution < -0.4 is 10.7 Å². The van der Waals surface area contributed by atoms with E-state index in [1.165, 1.54) is 6.33 Å². The summed E-state index contributed by atoms with van der Waals surface area (Å²) in [4.78, 5) is 20.1. The van der Waals surface area contributed by atoms with E-state index in [0.29, 0.717) is 6.54 Å². The fraction of sp³-hybridized carbons (Fsp3) is 0.353. The van der Waals surface area contributed by atoms with E-state index < -0.39 is 0 Å². The minimum Gasteiger partial charge on any atom is -0.357 e. The maximum Gasteiger partial charge on any atom is 0.189 e. The second-order valence-corrected chi connectivity index (χ2v) is 5.95. The topological polar surface area (TPSA) is 75.6 Å². The molecule has 1 aromatic carbocycles. The SMILES string of the molecule is Cc1ccc(C)c2c(=O)cc(CN[C@H](C)c3ncnn3C)[nH]c12. The largest absolute Gasteiger partial charge is 0.357 e. The predicted molar refractivity (Wildman–Crippen MR) is 90.3 cm³/mol. The molecule has 0 aliphatic carbocycles. The van der Waals surface area contributed by atoms with Gasteiger partial charge >= 0.3 is 0 Å². The highest BCUT2D eigenvalue weighted by Gasteiger charge is 2.12. The first-order valence-electron chi connectivity index (χ1n) is 7.66. The first-order valence-corrected chi connectivity index (χ1v) is 7.66. The number of benzene rings is 1. The number of rotatable bonds is 4. The van der Waals surface area contributed by atoms with E-state index in [9.17, 15) is 4.79 Å². The van der Waals surface area contributed by atoms with Gasteiger partial charge in [-0.2, -0.15) is 5.10 Å². The molecule has 0 spiro atoms. The molecule has 0 aliphatic heterocycles. The van der Waals surface area contributed by atoms with Gasteiger partial charge < -0.3 is 10.3 Å². The highest BCUT2D eigenvalue weighted by atomic mass is 16.1. The highest BCUT2D eigenvalue weighted by Crippen LogP contribution is 2.17. The van der Waals surface area contributed by atoms with Crippen molar-refractivity contribution < 1.29 is 0 Å². The zero-order valence-corrected chi connectivity index (χ0v) is 13.8. The summed E-state index contributed by atoms with van der Waals surface area (Å²) in [5, 5.41) is 8.22. The standard InChI is InChI=1S/C17H21N5O/c1-10-5-6-11(2)16-15(10)14(23)7-13(21-16)8-18-12(3)17-19-9-20-22(17)4/h5-7,9,12,18H,8H2,1-4H3,(H,21,23)/t12-/m1/s1. The summed E-state index contributed by atoms with van der Waals surface area (Å²) < 4.78 is 1.74. The van der Waals surface area contributed by atoms with Crippen molar-refractivity contribution in [1.29, 1.82) is 0 Å². The van der Waals surface area contributed by atoms with Crippen LogP contribution in [0.15, 0.2) is 29.3 Å². The van der Waals surface area contributed by atoms with Crippen molar-refractivity contribution >= 4 is 10.9 Å². The van der Waals surface area contributed by atoms with E-state index in [1.807, 2.05) is 40.0 Å². The van der Waals surface area contributed by atoms with Crippen molar-refractivity contribution in [1.82, 2.24) is 25.1 Å². The van der Waals surface area contributed by atoms with Gasteiger partial charge in [-0.05, 0) is 31.9 Å². The third kappa shape index (κ3) is 2.90. The van der Waals surface area contributed by atoms with Crippen LogP contribution in [0.1, 0.15) is 35.6 Å². The molecule has 120 valence electrons. The summed E-state index contributed by atoms with van der Waals surface area (Å²) >= 11 is 0. The molecule has 0 radical (unpaired) electrons. The number of nitrogens with one attached hydrogen (secondary N) is 2. The summed E-state index contributed by atoms with van der Waals surface area (Å²) in [7, 11) is 1.87. The Hall–Kier alpha value is -2.47. The fourth-order valence-corrected chi connectivity index (χ4v) is 2.86. The zero-order valence-electron chi connectivity index (χ0n) is 13.8. The second kappa shape index (κ2) is 5.96. The second-order valence-electron chi connectivity index (χ2n) is 5.95. The van der Waals surface area contributed by atoms with E-state index in [-0.39, 0.29) is 11.5 Å². The maximum atomic E-state index is 12.4. The Morgan fingerprint density at radius 2 is 2.04 bits per heavy atom. The summed E-state index contributed by atoms with van der Waals surface area (Å²) in [5.41, 5.74) is 3.92. The monoisotopic (exact) mass is 311 g/mol. The van der Waals surface area contributed by atoms with Gasteiger partial charge in [-0.25, -0.2) is 4.98 Å². The number of pyridine rings is 1. The van der Waals surface area contributed by atoms with E-state index in [1.54, 1.807) is 10.7 Å². The Kier molecular flexibility index (Phi) is 4.00. The highest BCUT2D eigenvalue weighted by molar-refractivity contribution is 5.84. The molecule has 2 aromatic heterocycles. The molecule has 2 N–H and O–H groups in total. The molecule has 23 heavy (non-hydrogen) atoms. The molecule has 6 heteroatoms. The quantitative estimate of drug-likeness (QED) is 0.774. The van der Waals surface area contributed by atoms with Gasteiger partial charge in [0.1, 0.15) is 12.2 Å². The first kappa shape index (κ1) is 15.4. The molecule has 3 rings (SSSR count). The van der Waals surface area contributed by atoms with Gasteiger partial charge in [0.2, 0.25) is 0 Å². The van der Waals surface area contributed by atoms with Crippen LogP contribution in [-0.4, -0.2) is 19.7 Å². The third-order valence-corrected chi connectivity index (χ3v) is 4.19. The van der Waals surface area contributed by atoms with E-state index in [0.717, 1.165) is 33.5 Å². The van der Waals surface area contributed by atoms with E-state index in [4.69, 9.17) is 0 Å². The van der Waals surface area contributed by atoms with Gasteiger partial charge in [-0.1, -0.05) is 12.1 Å². The lowest BCUT2D eigenvalue weighted by Crippen LogP contribution is -2.23. The Bertz CT molecular complexity index is 909. The molecule has 2 heterocycles. The van der Waals surface area contributed by atoms with E-state index >= 15 is 0 Å². The Labute approximate surface area is 134 Å². The van der Waals surface area contributed by atoms with Crippen molar-refractivity contribution in [2.24, 2.45) is 7.05 Å². The van der Waals surface area contributed by atoms with Crippen molar-refractivity contribution in [3.8, 4) is 0 Å². The fourth-order valence-electron chi connectivity index (χ4n) is 2.86. The third-order valence-electron chi connectivity index (χ3n) is 4.19. The van der Waals surface area contributed by atoms with Crippen LogP contribution in [0.4, 0.5) is 0 Å². The van der Waals surface area contributed by atoms with Gasteiger partial charge in [-0.15, -0.1) is 0 Å². The average molecular weight is 311 g/mol. The average Bonchev–Trinajstić information content (AvgIpc) is 2.94. The lowest BCUT2D eigenvalue weighted by molar-refractivity contribution is 0.514. The summed E-state index contributed by atoms with van der Waals surface area (Å²) in [5.74, 6) is 0.861. The number of aryl methyl sites for hydroxylation is 3. The molecule has 1 atom stereocenters. The number of hydrogen-bond acceptors (Lipinski definition) is 4. The predicted octanol–water partition coefficient (Wildman–Crippen LogP) is 2.12.